The van der Waals surface area contributed by atoms with Crippen molar-refractivity contribution in [2.45, 2.75) is 12.2 Å². The van der Waals surface area contributed by atoms with Crippen LogP contribution in [0.4, 0.5) is 0 Å². The summed E-state index contributed by atoms with van der Waals surface area (Å²) in [6.07, 6.45) is 0. The van der Waals surface area contributed by atoms with Crippen molar-refractivity contribution in [3.63, 3.8) is 0 Å². The maximum atomic E-state index is 9.62. The number of hydrogen-bond donors (Lipinski definition) is 6. The highest BCUT2D eigenvalue weighted by Crippen LogP contribution is 2.11. The van der Waals surface area contributed by atoms with Gasteiger partial charge in [-0.25, -0.2) is 0 Å². The van der Waals surface area contributed by atoms with E-state index in [0.29, 0.717) is 0 Å². The summed E-state index contributed by atoms with van der Waals surface area (Å²) in [5.41, 5.74) is -1.11. The van der Waals surface area contributed by atoms with Gasteiger partial charge in [0.1, 0.15) is 0 Å². The molecule has 0 rings (SSSR count). The van der Waals surface area contributed by atoms with E-state index in [1.807, 2.05) is 0 Å². The van der Waals surface area contributed by atoms with Gasteiger partial charge in [-0.15, -0.1) is 0 Å². The van der Waals surface area contributed by atoms with Crippen LogP contribution in [0.1, 0.15) is 6.92 Å². The first-order chi connectivity index (χ1) is 6.89. The summed E-state index contributed by atoms with van der Waals surface area (Å²) in [6.45, 7) is -0.120. The number of carboxylic acid groups (broad SMARTS) is 1. The Morgan fingerprint density at radius 3 is 1.33 bits per heavy atom. The molecule has 15 heavy (non-hydrogen) atoms. The van der Waals surface area contributed by atoms with E-state index in [0.717, 1.165) is 0 Å². The Morgan fingerprint density at radius 2 is 1.33 bits per heavy atom. The van der Waals surface area contributed by atoms with Crippen molar-refractivity contribution in [3.8, 4) is 0 Å². The van der Waals surface area contributed by atoms with Crippen LogP contribution >= 0.6 is 12.6 Å². The Balaban J connectivity index is 0. The third-order valence-electron chi connectivity index (χ3n) is 1.70. The Morgan fingerprint density at radius 1 is 1.13 bits per heavy atom. The lowest BCUT2D eigenvalue weighted by Gasteiger charge is -2.23. The number of rotatable bonds is 5. The lowest BCUT2D eigenvalue weighted by atomic mass is 9.93. The molecule has 1 atom stereocenters. The van der Waals surface area contributed by atoms with Crippen molar-refractivity contribution >= 4 is 18.6 Å². The molecule has 0 heterocycles. The van der Waals surface area contributed by atoms with Crippen LogP contribution in [0.15, 0.2) is 0 Å². The first kappa shape index (κ1) is 17.1. The molecule has 0 saturated carbocycles. The Hall–Kier alpha value is -0.340. The van der Waals surface area contributed by atoms with Gasteiger partial charge < -0.3 is 25.5 Å². The average molecular weight is 242 g/mol. The second-order valence-electron chi connectivity index (χ2n) is 3.15. The van der Waals surface area contributed by atoms with E-state index in [9.17, 15) is 4.79 Å². The van der Waals surface area contributed by atoms with E-state index in [-0.39, 0.29) is 0 Å². The van der Waals surface area contributed by atoms with Gasteiger partial charge in [-0.05, 0) is 6.92 Å². The quantitative estimate of drug-likeness (QED) is 0.321. The van der Waals surface area contributed by atoms with E-state index in [1.54, 1.807) is 0 Å². The number of hydrogen-bond acceptors (Lipinski definition) is 6. The maximum Gasteiger partial charge on any atom is 0.316 e. The number of thiol groups is 1. The van der Waals surface area contributed by atoms with Crippen molar-refractivity contribution in [3.05, 3.63) is 0 Å². The van der Waals surface area contributed by atoms with Crippen LogP contribution in [0.5, 0.6) is 0 Å². The molecule has 92 valence electrons. The van der Waals surface area contributed by atoms with Gasteiger partial charge >= 0.3 is 5.97 Å². The van der Waals surface area contributed by atoms with Gasteiger partial charge in [-0.2, -0.15) is 12.6 Å². The SMILES string of the molecule is CC(S)C(=O)O.OCC(CO)(CO)CO. The molecule has 0 aliphatic carbocycles. The van der Waals surface area contributed by atoms with E-state index < -0.39 is 43.1 Å². The third kappa shape index (κ3) is 7.57. The largest absolute Gasteiger partial charge is 0.480 e. The number of carbonyl (C=O) groups is 1. The summed E-state index contributed by atoms with van der Waals surface area (Å²) >= 11 is 3.59. The van der Waals surface area contributed by atoms with Gasteiger partial charge in [0.05, 0.1) is 37.1 Å². The summed E-state index contributed by atoms with van der Waals surface area (Å²) in [4.78, 5) is 9.62. The molecular weight excluding hydrogens is 224 g/mol. The fraction of sp³-hybridized carbons (Fsp3) is 0.875. The van der Waals surface area contributed by atoms with Crippen LogP contribution < -0.4 is 0 Å². The smallest absolute Gasteiger partial charge is 0.316 e. The zero-order chi connectivity index (χ0) is 12.5. The summed E-state index contributed by atoms with van der Waals surface area (Å²) in [6, 6.07) is 0. The van der Waals surface area contributed by atoms with Gasteiger partial charge in [0.25, 0.3) is 0 Å². The average Bonchev–Trinajstić information content (AvgIpc) is 2.23. The Kier molecular flexibility index (Phi) is 10.2. The fourth-order valence-electron chi connectivity index (χ4n) is 0.300. The molecule has 7 heteroatoms. The minimum absolute atomic E-state index is 0.406. The molecule has 0 aliphatic heterocycles. The molecule has 0 aromatic heterocycles. The number of aliphatic carboxylic acids is 1. The minimum atomic E-state index is -1.11. The molecule has 0 radical (unpaired) electrons. The molecule has 0 fully saturated rings. The summed E-state index contributed by atoms with van der Waals surface area (Å²) in [5.74, 6) is -0.877. The van der Waals surface area contributed by atoms with Crippen LogP contribution in [0, 0.1) is 5.41 Å². The monoisotopic (exact) mass is 242 g/mol. The van der Waals surface area contributed by atoms with E-state index in [1.165, 1.54) is 6.92 Å². The highest BCUT2D eigenvalue weighted by atomic mass is 32.1. The number of aliphatic hydroxyl groups excluding tert-OH is 4. The molecule has 0 saturated heterocycles. The van der Waals surface area contributed by atoms with Gasteiger partial charge in [-0.3, -0.25) is 4.79 Å². The zero-order valence-electron chi connectivity index (χ0n) is 8.50. The first-order valence-corrected chi connectivity index (χ1v) is 4.75. The molecule has 0 aromatic carbocycles. The second kappa shape index (κ2) is 8.93. The van der Waals surface area contributed by atoms with Gasteiger partial charge in [0.15, 0.2) is 0 Å². The standard InChI is InChI=1S/C5H12O4.C3H6O2S/c6-1-5(2-7,3-8)4-9;1-2(6)3(4)5/h6-9H,1-4H2;2,6H,1H3,(H,4,5). The Bertz CT molecular complexity index is 151. The van der Waals surface area contributed by atoms with Crippen molar-refractivity contribution in [1.82, 2.24) is 0 Å². The Labute approximate surface area is 93.6 Å². The predicted molar refractivity (Wildman–Crippen MR) is 56.9 cm³/mol. The lowest BCUT2D eigenvalue weighted by Crippen LogP contribution is -2.37. The topological polar surface area (TPSA) is 118 Å². The normalized spacial score (nSPS) is 12.7. The molecule has 6 nitrogen and oxygen atoms in total. The van der Waals surface area contributed by atoms with Crippen molar-refractivity contribution in [2.75, 3.05) is 26.4 Å². The summed E-state index contributed by atoms with van der Waals surface area (Å²) < 4.78 is 0. The van der Waals surface area contributed by atoms with E-state index in [4.69, 9.17) is 25.5 Å². The minimum Gasteiger partial charge on any atom is -0.480 e. The molecule has 0 amide bonds. The van der Waals surface area contributed by atoms with Crippen molar-refractivity contribution < 1.29 is 30.3 Å². The van der Waals surface area contributed by atoms with Crippen LogP contribution in [-0.4, -0.2) is 63.2 Å². The summed E-state index contributed by atoms with van der Waals surface area (Å²) in [5, 5.41) is 41.4. The number of aliphatic hydroxyl groups is 4. The highest BCUT2D eigenvalue weighted by molar-refractivity contribution is 7.81. The van der Waals surface area contributed by atoms with Crippen LogP contribution in [0.2, 0.25) is 0 Å². The molecule has 0 aliphatic rings. The van der Waals surface area contributed by atoms with Gasteiger partial charge in [0.2, 0.25) is 0 Å². The maximum absolute atomic E-state index is 9.62. The first-order valence-electron chi connectivity index (χ1n) is 4.23. The predicted octanol–water partition coefficient (Wildman–Crippen LogP) is -1.67. The highest BCUT2D eigenvalue weighted by Gasteiger charge is 2.26. The number of carboxylic acids is 1. The molecule has 5 N–H and O–H groups in total. The van der Waals surface area contributed by atoms with E-state index >= 15 is 0 Å². The zero-order valence-corrected chi connectivity index (χ0v) is 9.39. The van der Waals surface area contributed by atoms with Crippen LogP contribution in [0.3, 0.4) is 0 Å². The van der Waals surface area contributed by atoms with Crippen molar-refractivity contribution in [2.24, 2.45) is 5.41 Å². The molecule has 0 bridgehead atoms. The molecule has 1 unspecified atom stereocenters. The summed E-state index contributed by atoms with van der Waals surface area (Å²) in [7, 11) is 0. The van der Waals surface area contributed by atoms with Crippen LogP contribution in [0.25, 0.3) is 0 Å². The van der Waals surface area contributed by atoms with Gasteiger partial charge in [0, 0.05) is 0 Å². The molecule has 0 aromatic rings. The second-order valence-corrected chi connectivity index (χ2v) is 3.92. The van der Waals surface area contributed by atoms with E-state index in [2.05, 4.69) is 12.6 Å². The molecule has 0 spiro atoms. The van der Waals surface area contributed by atoms with Crippen LogP contribution in [-0.2, 0) is 4.79 Å². The van der Waals surface area contributed by atoms with Crippen molar-refractivity contribution in [1.29, 1.82) is 0 Å². The van der Waals surface area contributed by atoms with Gasteiger partial charge in [-0.1, -0.05) is 0 Å². The lowest BCUT2D eigenvalue weighted by molar-refractivity contribution is -0.136. The fourth-order valence-corrected chi connectivity index (χ4v) is 0.300. The third-order valence-corrected chi connectivity index (χ3v) is 1.92. The molecular formula is C8H18O6S.